The third-order valence-electron chi connectivity index (χ3n) is 7.92. The largest absolute Gasteiger partial charge is 0.383 e. The minimum atomic E-state index is -0.382. The Kier molecular flexibility index (Phi) is 6.40. The van der Waals surface area contributed by atoms with Crippen molar-refractivity contribution in [2.24, 2.45) is 5.92 Å². The fraction of sp³-hybridized carbons (Fsp3) is 0.312. The zero-order valence-electron chi connectivity index (χ0n) is 21.5. The molecule has 0 aromatic heterocycles. The van der Waals surface area contributed by atoms with Crippen LogP contribution in [-0.4, -0.2) is 20.3 Å². The molecule has 0 radical (unpaired) electrons. The number of ether oxygens (including phenoxy) is 1. The van der Waals surface area contributed by atoms with Gasteiger partial charge in [0.15, 0.2) is 0 Å². The standard InChI is InChI=1S/C32H33NO3/c1-21-9-11-24(12-10-21)25-13-14-28-27(19-25)32(3,16-15-23-7-5-6-8-23)29(33(28)17-18-36-4)20-26-22(2)30(34)31(26)35/h5-14,19-20,23H,15-18H2,1-4H3/b29-20+. The minimum Gasteiger partial charge on any atom is -0.383 e. The third-order valence-corrected chi connectivity index (χ3v) is 7.92. The zero-order chi connectivity index (χ0) is 25.4. The first-order valence-electron chi connectivity index (χ1n) is 12.7. The van der Waals surface area contributed by atoms with E-state index in [0.29, 0.717) is 30.2 Å². The van der Waals surface area contributed by atoms with E-state index >= 15 is 0 Å². The van der Waals surface area contributed by atoms with Crippen LogP contribution in [0.3, 0.4) is 0 Å². The minimum absolute atomic E-state index is 0.319. The van der Waals surface area contributed by atoms with E-state index in [1.165, 1.54) is 22.3 Å². The molecule has 2 aliphatic rings. The highest BCUT2D eigenvalue weighted by Crippen LogP contribution is 2.52. The molecule has 1 atom stereocenters. The monoisotopic (exact) mass is 479 g/mol. The van der Waals surface area contributed by atoms with Gasteiger partial charge >= 0.3 is 0 Å². The molecule has 5 rings (SSSR count). The van der Waals surface area contributed by atoms with Crippen molar-refractivity contribution in [3.8, 4) is 11.1 Å². The highest BCUT2D eigenvalue weighted by Gasteiger charge is 2.44. The Hall–Kier alpha value is -3.50. The van der Waals surface area contributed by atoms with Crippen molar-refractivity contribution in [3.05, 3.63) is 115 Å². The van der Waals surface area contributed by atoms with Crippen molar-refractivity contribution in [1.82, 2.24) is 0 Å². The van der Waals surface area contributed by atoms with E-state index in [-0.39, 0.29) is 16.3 Å². The van der Waals surface area contributed by atoms with E-state index in [9.17, 15) is 9.59 Å². The molecular formula is C32H33NO3. The number of rotatable bonds is 8. The Morgan fingerprint density at radius 1 is 0.972 bits per heavy atom. The van der Waals surface area contributed by atoms with Gasteiger partial charge in [-0.1, -0.05) is 60.2 Å². The fourth-order valence-corrected chi connectivity index (χ4v) is 5.59. The van der Waals surface area contributed by atoms with Crippen LogP contribution in [0.1, 0.15) is 42.0 Å². The van der Waals surface area contributed by atoms with Gasteiger partial charge < -0.3 is 9.64 Å². The Morgan fingerprint density at radius 3 is 2.33 bits per heavy atom. The van der Waals surface area contributed by atoms with E-state index in [0.717, 1.165) is 24.2 Å². The average molecular weight is 480 g/mol. The van der Waals surface area contributed by atoms with Gasteiger partial charge in [-0.2, -0.15) is 0 Å². The SMILES string of the molecule is COCCN1/C(=C/c2c(C)c(=O)c2=O)C(C)(CCC2C=CC=C2)c2cc(-c3ccc(C)cc3)ccc21. The summed E-state index contributed by atoms with van der Waals surface area (Å²) in [4.78, 5) is 26.8. The Balaban J connectivity index is 1.65. The van der Waals surface area contributed by atoms with Crippen molar-refractivity contribution >= 4 is 11.8 Å². The van der Waals surface area contributed by atoms with Gasteiger partial charge in [0, 0.05) is 41.6 Å². The molecule has 184 valence electrons. The van der Waals surface area contributed by atoms with Gasteiger partial charge in [-0.15, -0.1) is 0 Å². The summed E-state index contributed by atoms with van der Waals surface area (Å²) in [5.41, 5.74) is 7.09. The van der Waals surface area contributed by atoms with E-state index in [1.54, 1.807) is 14.0 Å². The van der Waals surface area contributed by atoms with E-state index in [2.05, 4.69) is 85.5 Å². The lowest BCUT2D eigenvalue weighted by atomic mass is 9.75. The number of anilines is 1. The van der Waals surface area contributed by atoms with Gasteiger partial charge in [0.05, 0.1) is 6.61 Å². The van der Waals surface area contributed by atoms with Gasteiger partial charge in [-0.25, -0.2) is 0 Å². The topological polar surface area (TPSA) is 46.6 Å². The van der Waals surface area contributed by atoms with Crippen LogP contribution in [-0.2, 0) is 10.2 Å². The summed E-state index contributed by atoms with van der Waals surface area (Å²) in [6, 6.07) is 15.3. The van der Waals surface area contributed by atoms with Crippen LogP contribution in [0.2, 0.25) is 0 Å². The van der Waals surface area contributed by atoms with Gasteiger partial charge in [-0.05, 0) is 74.4 Å². The molecule has 0 bridgehead atoms. The Labute approximate surface area is 212 Å². The molecule has 1 heterocycles. The van der Waals surface area contributed by atoms with E-state index in [1.807, 2.05) is 6.08 Å². The maximum Gasteiger partial charge on any atom is 0.233 e. The maximum absolute atomic E-state index is 12.5. The number of hydrogen-bond acceptors (Lipinski definition) is 4. The number of allylic oxidation sites excluding steroid dienone is 5. The van der Waals surface area contributed by atoms with Gasteiger partial charge in [0.1, 0.15) is 0 Å². The molecule has 1 aliphatic heterocycles. The molecule has 36 heavy (non-hydrogen) atoms. The molecule has 0 saturated carbocycles. The third kappa shape index (κ3) is 4.10. The lowest BCUT2D eigenvalue weighted by Gasteiger charge is -2.31. The lowest BCUT2D eigenvalue weighted by Crippen LogP contribution is -2.38. The van der Waals surface area contributed by atoms with Crippen LogP contribution >= 0.6 is 0 Å². The predicted octanol–water partition coefficient (Wildman–Crippen LogP) is 5.85. The van der Waals surface area contributed by atoms with Crippen LogP contribution in [0.25, 0.3) is 17.2 Å². The van der Waals surface area contributed by atoms with Crippen LogP contribution in [0.4, 0.5) is 5.69 Å². The number of hydrogen-bond donors (Lipinski definition) is 0. The highest BCUT2D eigenvalue weighted by atomic mass is 16.5. The van der Waals surface area contributed by atoms with Crippen molar-refractivity contribution in [2.75, 3.05) is 25.2 Å². The highest BCUT2D eigenvalue weighted by molar-refractivity contribution is 5.80. The summed E-state index contributed by atoms with van der Waals surface area (Å²) in [6.45, 7) is 7.37. The summed E-state index contributed by atoms with van der Waals surface area (Å²) in [6.07, 6.45) is 12.6. The Bertz CT molecular complexity index is 1440. The zero-order valence-corrected chi connectivity index (χ0v) is 21.5. The summed E-state index contributed by atoms with van der Waals surface area (Å²) < 4.78 is 5.47. The van der Waals surface area contributed by atoms with Crippen LogP contribution < -0.4 is 15.8 Å². The molecule has 1 unspecified atom stereocenters. The molecule has 1 aliphatic carbocycles. The molecule has 0 fully saturated rings. The molecule has 0 N–H and O–H groups in total. The number of aryl methyl sites for hydroxylation is 1. The first-order chi connectivity index (χ1) is 17.3. The number of benzene rings is 2. The first-order valence-corrected chi connectivity index (χ1v) is 12.7. The summed E-state index contributed by atoms with van der Waals surface area (Å²) in [5.74, 6) is 0.410. The predicted molar refractivity (Wildman–Crippen MR) is 148 cm³/mol. The number of nitrogens with zero attached hydrogens (tertiary/aromatic N) is 1. The van der Waals surface area contributed by atoms with Crippen LogP contribution in [0.15, 0.2) is 82.1 Å². The molecule has 4 heteroatoms. The summed E-state index contributed by atoms with van der Waals surface area (Å²) in [5, 5.41) is 0. The lowest BCUT2D eigenvalue weighted by molar-refractivity contribution is 0.206. The molecule has 3 aromatic carbocycles. The number of methoxy groups -OCH3 is 1. The first kappa shape index (κ1) is 24.2. The van der Waals surface area contributed by atoms with Crippen molar-refractivity contribution in [3.63, 3.8) is 0 Å². The van der Waals surface area contributed by atoms with E-state index < -0.39 is 0 Å². The fourth-order valence-electron chi connectivity index (χ4n) is 5.59. The molecular weight excluding hydrogens is 446 g/mol. The smallest absolute Gasteiger partial charge is 0.233 e. The van der Waals surface area contributed by atoms with E-state index in [4.69, 9.17) is 4.74 Å². The molecule has 4 nitrogen and oxygen atoms in total. The molecule has 3 aromatic rings. The second kappa shape index (κ2) is 9.51. The van der Waals surface area contributed by atoms with Crippen molar-refractivity contribution < 1.29 is 4.74 Å². The Morgan fingerprint density at radius 2 is 1.67 bits per heavy atom. The molecule has 0 amide bonds. The van der Waals surface area contributed by atoms with Crippen LogP contribution in [0, 0.1) is 19.8 Å². The van der Waals surface area contributed by atoms with Gasteiger partial charge in [0.2, 0.25) is 10.9 Å². The molecule has 0 spiro atoms. The van der Waals surface area contributed by atoms with Gasteiger partial charge in [0.25, 0.3) is 0 Å². The van der Waals surface area contributed by atoms with Crippen molar-refractivity contribution in [2.45, 2.75) is 39.0 Å². The second-order valence-electron chi connectivity index (χ2n) is 10.3. The summed E-state index contributed by atoms with van der Waals surface area (Å²) in [7, 11) is 1.71. The van der Waals surface area contributed by atoms with Crippen molar-refractivity contribution in [1.29, 1.82) is 0 Å². The normalized spacial score (nSPS) is 20.2. The average Bonchev–Trinajstić information content (AvgIpc) is 3.49. The quantitative estimate of drug-likeness (QED) is 0.380. The van der Waals surface area contributed by atoms with Crippen LogP contribution in [0.5, 0.6) is 0 Å². The molecule has 0 saturated heterocycles. The summed E-state index contributed by atoms with van der Waals surface area (Å²) >= 11 is 0. The number of fused-ring (bicyclic) bond motifs is 1. The van der Waals surface area contributed by atoms with Gasteiger partial charge in [-0.3, -0.25) is 9.59 Å². The second-order valence-corrected chi connectivity index (χ2v) is 10.3. The maximum atomic E-state index is 12.5.